The van der Waals surface area contributed by atoms with Crippen LogP contribution in [0.25, 0.3) is 0 Å². The second kappa shape index (κ2) is 7.94. The number of primary amides is 2. The Kier molecular flexibility index (Phi) is 5.88. The molecule has 0 spiro atoms. The molecule has 1 atom stereocenters. The molecule has 2 amide bonds. The zero-order valence-corrected chi connectivity index (χ0v) is 15.3. The Bertz CT molecular complexity index is 851. The quantitative estimate of drug-likeness (QED) is 0.573. The molecule has 1 unspecified atom stereocenters. The van der Waals surface area contributed by atoms with Crippen LogP contribution in [0.5, 0.6) is 0 Å². The van der Waals surface area contributed by atoms with Crippen molar-refractivity contribution in [1.29, 1.82) is 0 Å². The van der Waals surface area contributed by atoms with Gasteiger partial charge in [-0.25, -0.2) is 14.4 Å². The van der Waals surface area contributed by atoms with Gasteiger partial charge in [0.25, 0.3) is 5.91 Å². The number of halogens is 1. The number of rotatable bonds is 7. The van der Waals surface area contributed by atoms with Gasteiger partial charge in [0.1, 0.15) is 17.7 Å². The Morgan fingerprint density at radius 2 is 1.93 bits per heavy atom. The van der Waals surface area contributed by atoms with Gasteiger partial charge in [-0.2, -0.15) is 0 Å². The van der Waals surface area contributed by atoms with Crippen LogP contribution in [0, 0.1) is 11.2 Å². The molecule has 9 nitrogen and oxygen atoms in total. The molecule has 0 aliphatic carbocycles. The molecule has 0 aliphatic heterocycles. The number of amides is 2. The molecule has 2 aromatic rings. The minimum Gasteiger partial charge on any atom is -0.368 e. The van der Waals surface area contributed by atoms with Crippen molar-refractivity contribution < 1.29 is 14.0 Å². The highest BCUT2D eigenvalue weighted by Gasteiger charge is 2.24. The van der Waals surface area contributed by atoms with Crippen molar-refractivity contribution in [2.24, 2.45) is 16.9 Å². The number of hydrogen-bond donors (Lipinski definition) is 4. The maximum atomic E-state index is 13.3. The van der Waals surface area contributed by atoms with E-state index in [-0.39, 0.29) is 28.4 Å². The first-order valence-electron chi connectivity index (χ1n) is 8.15. The standard InChI is InChI=1S/C17H22FN7O2/c1-17(2,3)5-11(14(19)26)24-12-8-22-13(15(20)27)16(25-12)23-10-4-9(18)6-21-7-10/h4,6-8,11H,5H2,1-3H3,(H2,19,26)(H2,20,27)(H2,23,24,25). The molecular formula is C17H22FN7O2. The summed E-state index contributed by atoms with van der Waals surface area (Å²) in [7, 11) is 0. The van der Waals surface area contributed by atoms with Crippen molar-refractivity contribution in [3.05, 3.63) is 36.2 Å². The fraction of sp³-hybridized carbons (Fsp3) is 0.353. The van der Waals surface area contributed by atoms with Gasteiger partial charge in [0.15, 0.2) is 11.5 Å². The van der Waals surface area contributed by atoms with Gasteiger partial charge in [0, 0.05) is 6.07 Å². The lowest BCUT2D eigenvalue weighted by atomic mass is 9.88. The van der Waals surface area contributed by atoms with Crippen molar-refractivity contribution in [3.8, 4) is 0 Å². The van der Waals surface area contributed by atoms with Crippen molar-refractivity contribution >= 4 is 29.1 Å². The molecule has 144 valence electrons. The third-order valence-electron chi connectivity index (χ3n) is 3.46. The molecule has 0 fully saturated rings. The van der Waals surface area contributed by atoms with Crippen LogP contribution in [-0.2, 0) is 4.79 Å². The average Bonchev–Trinajstić information content (AvgIpc) is 2.53. The highest BCUT2D eigenvalue weighted by Crippen LogP contribution is 2.24. The van der Waals surface area contributed by atoms with Gasteiger partial charge in [0.2, 0.25) is 5.91 Å². The molecule has 2 rings (SSSR count). The second-order valence-electron chi connectivity index (χ2n) is 7.20. The van der Waals surface area contributed by atoms with Crippen molar-refractivity contribution in [2.45, 2.75) is 33.2 Å². The van der Waals surface area contributed by atoms with E-state index < -0.39 is 23.7 Å². The lowest BCUT2D eigenvalue weighted by Gasteiger charge is -2.25. The Morgan fingerprint density at radius 1 is 1.22 bits per heavy atom. The van der Waals surface area contributed by atoms with Crippen molar-refractivity contribution in [2.75, 3.05) is 10.6 Å². The molecule has 0 aliphatic rings. The van der Waals surface area contributed by atoms with E-state index in [1.54, 1.807) is 0 Å². The number of carbonyl (C=O) groups is 2. The number of carbonyl (C=O) groups excluding carboxylic acids is 2. The van der Waals surface area contributed by atoms with E-state index in [4.69, 9.17) is 11.5 Å². The summed E-state index contributed by atoms with van der Waals surface area (Å²) in [5.41, 5.74) is 10.7. The Morgan fingerprint density at radius 3 is 2.48 bits per heavy atom. The fourth-order valence-corrected chi connectivity index (χ4v) is 2.36. The number of aromatic nitrogens is 3. The van der Waals surface area contributed by atoms with Gasteiger partial charge in [-0.3, -0.25) is 14.6 Å². The third-order valence-corrected chi connectivity index (χ3v) is 3.46. The zero-order chi connectivity index (χ0) is 20.2. The number of anilines is 3. The summed E-state index contributed by atoms with van der Waals surface area (Å²) in [5, 5.41) is 5.66. The maximum absolute atomic E-state index is 13.3. The van der Waals surface area contributed by atoms with Crippen LogP contribution >= 0.6 is 0 Å². The molecule has 0 aromatic carbocycles. The molecule has 0 saturated heterocycles. The normalized spacial score (nSPS) is 12.3. The largest absolute Gasteiger partial charge is 0.368 e. The lowest BCUT2D eigenvalue weighted by Crippen LogP contribution is -2.38. The second-order valence-corrected chi connectivity index (χ2v) is 7.20. The predicted molar refractivity (Wildman–Crippen MR) is 98.7 cm³/mol. The smallest absolute Gasteiger partial charge is 0.271 e. The number of hydrogen-bond acceptors (Lipinski definition) is 7. The number of nitrogens with zero attached hydrogens (tertiary/aromatic N) is 3. The van der Waals surface area contributed by atoms with E-state index in [9.17, 15) is 14.0 Å². The number of nitrogens with one attached hydrogen (secondary N) is 2. The average molecular weight is 375 g/mol. The highest BCUT2D eigenvalue weighted by molar-refractivity contribution is 5.96. The van der Waals surface area contributed by atoms with Gasteiger partial charge in [-0.15, -0.1) is 0 Å². The van der Waals surface area contributed by atoms with Gasteiger partial charge in [-0.1, -0.05) is 20.8 Å². The fourth-order valence-electron chi connectivity index (χ4n) is 2.36. The van der Waals surface area contributed by atoms with Crippen LogP contribution in [0.1, 0.15) is 37.7 Å². The molecule has 2 aromatic heterocycles. The monoisotopic (exact) mass is 375 g/mol. The first-order valence-corrected chi connectivity index (χ1v) is 8.15. The minimum absolute atomic E-state index is 0.00104. The molecular weight excluding hydrogens is 353 g/mol. The SMILES string of the molecule is CC(C)(C)CC(Nc1cnc(C(N)=O)c(Nc2cncc(F)c2)n1)C(N)=O. The lowest BCUT2D eigenvalue weighted by molar-refractivity contribution is -0.119. The Balaban J connectivity index is 2.33. The van der Waals surface area contributed by atoms with Crippen LogP contribution in [0.15, 0.2) is 24.7 Å². The van der Waals surface area contributed by atoms with Crippen LogP contribution in [0.2, 0.25) is 0 Å². The van der Waals surface area contributed by atoms with Crippen molar-refractivity contribution in [1.82, 2.24) is 15.0 Å². The molecule has 6 N–H and O–H groups in total. The third kappa shape index (κ3) is 5.87. The van der Waals surface area contributed by atoms with E-state index in [0.29, 0.717) is 6.42 Å². The van der Waals surface area contributed by atoms with Gasteiger partial charge in [0.05, 0.1) is 24.3 Å². The van der Waals surface area contributed by atoms with Crippen molar-refractivity contribution in [3.63, 3.8) is 0 Å². The molecule has 0 saturated carbocycles. The van der Waals surface area contributed by atoms with E-state index in [1.165, 1.54) is 18.5 Å². The van der Waals surface area contributed by atoms with Crippen LogP contribution in [-0.4, -0.2) is 32.8 Å². The molecule has 0 radical (unpaired) electrons. The topological polar surface area (TPSA) is 149 Å². The van der Waals surface area contributed by atoms with E-state index in [1.807, 2.05) is 20.8 Å². The molecule has 10 heteroatoms. The Hall–Kier alpha value is -3.30. The summed E-state index contributed by atoms with van der Waals surface area (Å²) < 4.78 is 13.3. The maximum Gasteiger partial charge on any atom is 0.271 e. The molecule has 0 bridgehead atoms. The Labute approximate surface area is 155 Å². The van der Waals surface area contributed by atoms with E-state index >= 15 is 0 Å². The van der Waals surface area contributed by atoms with Gasteiger partial charge >= 0.3 is 0 Å². The van der Waals surface area contributed by atoms with E-state index in [0.717, 1.165) is 6.20 Å². The van der Waals surface area contributed by atoms with E-state index in [2.05, 4.69) is 25.6 Å². The predicted octanol–water partition coefficient (Wildman–Crippen LogP) is 1.56. The summed E-state index contributed by atoms with van der Waals surface area (Å²) in [6, 6.07) is 0.480. The van der Waals surface area contributed by atoms with Crippen LogP contribution in [0.3, 0.4) is 0 Å². The number of nitrogens with two attached hydrogens (primary N) is 2. The summed E-state index contributed by atoms with van der Waals surface area (Å²) in [5.74, 6) is -1.72. The zero-order valence-electron chi connectivity index (χ0n) is 15.3. The van der Waals surface area contributed by atoms with Crippen LogP contribution < -0.4 is 22.1 Å². The molecule has 2 heterocycles. The van der Waals surface area contributed by atoms with Gasteiger partial charge < -0.3 is 22.1 Å². The summed E-state index contributed by atoms with van der Waals surface area (Å²) >= 11 is 0. The highest BCUT2D eigenvalue weighted by atomic mass is 19.1. The summed E-state index contributed by atoms with van der Waals surface area (Å²) in [6.45, 7) is 5.91. The van der Waals surface area contributed by atoms with Crippen LogP contribution in [0.4, 0.5) is 21.7 Å². The summed E-state index contributed by atoms with van der Waals surface area (Å²) in [6.07, 6.45) is 4.11. The minimum atomic E-state index is -0.818. The first kappa shape index (κ1) is 20.0. The van der Waals surface area contributed by atoms with Gasteiger partial charge in [-0.05, 0) is 11.8 Å². The summed E-state index contributed by atoms with van der Waals surface area (Å²) in [4.78, 5) is 35.3. The molecule has 27 heavy (non-hydrogen) atoms. The first-order chi connectivity index (χ1) is 12.5. The number of pyridine rings is 1.